The lowest BCUT2D eigenvalue weighted by Crippen LogP contribution is -2.23. The van der Waals surface area contributed by atoms with Gasteiger partial charge < -0.3 is 10.6 Å². The Hall–Kier alpha value is -2.52. The first-order valence-corrected chi connectivity index (χ1v) is 7.84. The molecule has 0 radical (unpaired) electrons. The molecule has 0 amide bonds. The van der Waals surface area contributed by atoms with Gasteiger partial charge in [0.25, 0.3) is 0 Å². The summed E-state index contributed by atoms with van der Waals surface area (Å²) in [6, 6.07) is 24.1. The van der Waals surface area contributed by atoms with Crippen molar-refractivity contribution in [1.29, 1.82) is 0 Å². The first kappa shape index (κ1) is 15.4. The van der Waals surface area contributed by atoms with Gasteiger partial charge in [-0.3, -0.25) is 0 Å². The van der Waals surface area contributed by atoms with E-state index in [0.717, 1.165) is 18.9 Å². The van der Waals surface area contributed by atoms with Crippen molar-refractivity contribution in [2.45, 2.75) is 13.1 Å². The van der Waals surface area contributed by atoms with E-state index in [2.05, 4.69) is 34.1 Å². The van der Waals surface area contributed by atoms with Crippen LogP contribution in [-0.2, 0) is 13.1 Å². The summed E-state index contributed by atoms with van der Waals surface area (Å²) in [5.41, 5.74) is 8.97. The van der Waals surface area contributed by atoms with Crippen LogP contribution in [0.25, 0.3) is 0 Å². The summed E-state index contributed by atoms with van der Waals surface area (Å²) in [5, 5.41) is 0.408. The van der Waals surface area contributed by atoms with Crippen LogP contribution in [0.15, 0.2) is 72.8 Å². The summed E-state index contributed by atoms with van der Waals surface area (Å²) >= 11 is 6.08. The molecule has 3 rings (SSSR count). The minimum atomic E-state index is 0.408. The Morgan fingerprint density at radius 2 is 1.35 bits per heavy atom. The Balaban J connectivity index is 1.92. The second-order valence-corrected chi connectivity index (χ2v) is 5.80. The molecule has 0 atom stereocenters. The average Bonchev–Trinajstić information content (AvgIpc) is 2.55. The van der Waals surface area contributed by atoms with Crippen molar-refractivity contribution in [2.75, 3.05) is 10.6 Å². The Labute approximate surface area is 141 Å². The number of nitrogen functional groups attached to an aromatic ring is 1. The molecule has 1 aromatic heterocycles. The van der Waals surface area contributed by atoms with Gasteiger partial charge in [-0.1, -0.05) is 72.3 Å². The SMILES string of the molecule is Nc1cc(Cl)nc(N(Cc2ccccc2)Cc2ccccc2)c1. The third-order valence-electron chi connectivity index (χ3n) is 3.56. The molecule has 0 aliphatic carbocycles. The smallest absolute Gasteiger partial charge is 0.133 e. The highest BCUT2D eigenvalue weighted by molar-refractivity contribution is 6.29. The summed E-state index contributed by atoms with van der Waals surface area (Å²) in [7, 11) is 0. The van der Waals surface area contributed by atoms with Gasteiger partial charge in [-0.25, -0.2) is 4.98 Å². The maximum absolute atomic E-state index is 6.08. The second-order valence-electron chi connectivity index (χ2n) is 5.41. The van der Waals surface area contributed by atoms with Gasteiger partial charge >= 0.3 is 0 Å². The number of pyridine rings is 1. The van der Waals surface area contributed by atoms with Crippen molar-refractivity contribution in [3.05, 3.63) is 89.1 Å². The zero-order chi connectivity index (χ0) is 16.1. The highest BCUT2D eigenvalue weighted by Gasteiger charge is 2.11. The number of aromatic nitrogens is 1. The summed E-state index contributed by atoms with van der Waals surface area (Å²) < 4.78 is 0. The van der Waals surface area contributed by atoms with E-state index in [1.54, 1.807) is 6.07 Å². The maximum Gasteiger partial charge on any atom is 0.133 e. The monoisotopic (exact) mass is 323 g/mol. The van der Waals surface area contributed by atoms with Crippen LogP contribution < -0.4 is 10.6 Å². The highest BCUT2D eigenvalue weighted by Crippen LogP contribution is 2.23. The Kier molecular flexibility index (Phi) is 4.79. The van der Waals surface area contributed by atoms with Gasteiger partial charge in [0.05, 0.1) is 0 Å². The summed E-state index contributed by atoms with van der Waals surface area (Å²) in [5.74, 6) is 0.780. The highest BCUT2D eigenvalue weighted by atomic mass is 35.5. The number of rotatable bonds is 5. The average molecular weight is 324 g/mol. The van der Waals surface area contributed by atoms with Crippen LogP contribution in [0.3, 0.4) is 0 Å². The van der Waals surface area contributed by atoms with Gasteiger partial charge in [0.15, 0.2) is 0 Å². The lowest BCUT2D eigenvalue weighted by atomic mass is 10.1. The van der Waals surface area contributed by atoms with E-state index >= 15 is 0 Å². The zero-order valence-electron chi connectivity index (χ0n) is 12.7. The second kappa shape index (κ2) is 7.16. The molecule has 0 saturated heterocycles. The van der Waals surface area contributed by atoms with Crippen molar-refractivity contribution in [3.63, 3.8) is 0 Å². The summed E-state index contributed by atoms with van der Waals surface area (Å²) in [4.78, 5) is 6.61. The molecule has 0 spiro atoms. The first-order valence-electron chi connectivity index (χ1n) is 7.46. The molecule has 3 nitrogen and oxygen atoms in total. The normalized spacial score (nSPS) is 10.5. The molecular weight excluding hydrogens is 306 g/mol. The molecule has 2 aromatic carbocycles. The number of halogens is 1. The van der Waals surface area contributed by atoms with Crippen LogP contribution >= 0.6 is 11.6 Å². The molecule has 1 heterocycles. The fourth-order valence-electron chi connectivity index (χ4n) is 2.49. The van der Waals surface area contributed by atoms with Crippen LogP contribution in [0.4, 0.5) is 11.5 Å². The van der Waals surface area contributed by atoms with Crippen LogP contribution in [0.2, 0.25) is 5.15 Å². The number of nitrogens with two attached hydrogens (primary N) is 1. The van der Waals surface area contributed by atoms with Crippen molar-refractivity contribution < 1.29 is 0 Å². The van der Waals surface area contributed by atoms with E-state index in [1.807, 2.05) is 42.5 Å². The van der Waals surface area contributed by atoms with Crippen LogP contribution in [0.5, 0.6) is 0 Å². The van der Waals surface area contributed by atoms with E-state index < -0.39 is 0 Å². The molecule has 23 heavy (non-hydrogen) atoms. The van der Waals surface area contributed by atoms with E-state index in [0.29, 0.717) is 10.8 Å². The van der Waals surface area contributed by atoms with Crippen molar-refractivity contribution >= 4 is 23.1 Å². The lowest BCUT2D eigenvalue weighted by Gasteiger charge is -2.24. The predicted molar refractivity (Wildman–Crippen MR) is 96.4 cm³/mol. The molecule has 0 aliphatic rings. The molecule has 0 saturated carbocycles. The molecule has 0 bridgehead atoms. The number of hydrogen-bond acceptors (Lipinski definition) is 3. The topological polar surface area (TPSA) is 42.1 Å². The lowest BCUT2D eigenvalue weighted by molar-refractivity contribution is 0.784. The molecular formula is C19H18ClN3. The Morgan fingerprint density at radius 3 is 1.83 bits per heavy atom. The Bertz CT molecular complexity index is 698. The predicted octanol–water partition coefficient (Wildman–Crippen LogP) is 4.52. The molecule has 0 aliphatic heterocycles. The van der Waals surface area contributed by atoms with E-state index in [4.69, 9.17) is 17.3 Å². The number of benzene rings is 2. The van der Waals surface area contributed by atoms with Crippen molar-refractivity contribution in [2.24, 2.45) is 0 Å². The molecule has 3 aromatic rings. The van der Waals surface area contributed by atoms with E-state index in [9.17, 15) is 0 Å². The maximum atomic E-state index is 6.08. The molecule has 4 heteroatoms. The van der Waals surface area contributed by atoms with Gasteiger partial charge in [-0.15, -0.1) is 0 Å². The zero-order valence-corrected chi connectivity index (χ0v) is 13.4. The van der Waals surface area contributed by atoms with Crippen LogP contribution in [0.1, 0.15) is 11.1 Å². The Morgan fingerprint density at radius 1 is 0.826 bits per heavy atom. The van der Waals surface area contributed by atoms with Crippen LogP contribution in [0, 0.1) is 0 Å². The number of anilines is 2. The first-order chi connectivity index (χ1) is 11.2. The third kappa shape index (κ3) is 4.24. The summed E-state index contributed by atoms with van der Waals surface area (Å²) in [6.45, 7) is 1.48. The molecule has 0 unspecified atom stereocenters. The fraction of sp³-hybridized carbons (Fsp3) is 0.105. The largest absolute Gasteiger partial charge is 0.399 e. The quantitative estimate of drug-likeness (QED) is 0.702. The molecule has 116 valence electrons. The van der Waals surface area contributed by atoms with Crippen LogP contribution in [-0.4, -0.2) is 4.98 Å². The summed E-state index contributed by atoms with van der Waals surface area (Å²) in [6.07, 6.45) is 0. The van der Waals surface area contributed by atoms with E-state index in [1.165, 1.54) is 11.1 Å². The van der Waals surface area contributed by atoms with Crippen molar-refractivity contribution in [3.8, 4) is 0 Å². The number of nitrogens with zero attached hydrogens (tertiary/aromatic N) is 2. The van der Waals surface area contributed by atoms with E-state index in [-0.39, 0.29) is 0 Å². The van der Waals surface area contributed by atoms with Gasteiger partial charge in [-0.2, -0.15) is 0 Å². The number of hydrogen-bond donors (Lipinski definition) is 1. The van der Waals surface area contributed by atoms with Gasteiger partial charge in [0.2, 0.25) is 0 Å². The van der Waals surface area contributed by atoms with Crippen molar-refractivity contribution in [1.82, 2.24) is 4.98 Å². The molecule has 0 fully saturated rings. The minimum Gasteiger partial charge on any atom is -0.399 e. The standard InChI is InChI=1S/C19H18ClN3/c20-18-11-17(21)12-19(22-18)23(13-15-7-3-1-4-8-15)14-16-9-5-2-6-10-16/h1-12H,13-14H2,(H2,21,22). The minimum absolute atomic E-state index is 0.408. The van der Waals surface area contributed by atoms with Gasteiger partial charge in [0, 0.05) is 24.8 Å². The third-order valence-corrected chi connectivity index (χ3v) is 3.75. The van der Waals surface area contributed by atoms with Gasteiger partial charge in [0.1, 0.15) is 11.0 Å². The van der Waals surface area contributed by atoms with Gasteiger partial charge in [-0.05, 0) is 17.2 Å². The fourth-order valence-corrected chi connectivity index (χ4v) is 2.70. The molecule has 2 N–H and O–H groups in total.